The average Bonchev–Trinajstić information content (AvgIpc) is 3.98. The van der Waals surface area contributed by atoms with Gasteiger partial charge in [0.15, 0.2) is 5.58 Å². The van der Waals surface area contributed by atoms with Crippen LogP contribution in [0.3, 0.4) is 0 Å². The minimum absolute atomic E-state index is 0.771. The molecule has 5 heterocycles. The first-order valence-corrected chi connectivity index (χ1v) is 20.0. The van der Waals surface area contributed by atoms with Crippen LogP contribution in [-0.4, -0.2) is 9.97 Å². The summed E-state index contributed by atoms with van der Waals surface area (Å²) >= 11 is 1.87. The van der Waals surface area contributed by atoms with E-state index >= 15 is 0 Å². The van der Waals surface area contributed by atoms with Crippen LogP contribution in [-0.2, 0) is 0 Å². The van der Waals surface area contributed by atoms with Crippen LogP contribution < -0.4 is 0 Å². The number of hydrogen-bond donors (Lipinski definition) is 0. The number of pyridine rings is 2. The standard InChI is InChI=1S/C52H28N2O2S/c1-2-10-30(11-3-1)47-39-26-25-36-34-13-6-9-17-44(34)57-52(36)45(39)37-23-22-32(28-41(37)53-47)29-18-20-31(21-19-29)48-46-38-14-5-8-16-43(38)55-50(46)40-27-24-35-33-12-4-7-15-42(33)56-51(35)49(40)54-48/h1-28H. The van der Waals surface area contributed by atoms with E-state index in [1.807, 2.05) is 41.7 Å². The normalized spacial score (nSPS) is 12.2. The van der Waals surface area contributed by atoms with E-state index in [-0.39, 0.29) is 0 Å². The summed E-state index contributed by atoms with van der Waals surface area (Å²) in [6.45, 7) is 0. The summed E-state index contributed by atoms with van der Waals surface area (Å²) in [6.07, 6.45) is 0. The Morgan fingerprint density at radius 3 is 1.84 bits per heavy atom. The van der Waals surface area contributed by atoms with Gasteiger partial charge in [-0.05, 0) is 47.5 Å². The molecule has 0 atom stereocenters. The van der Waals surface area contributed by atoms with E-state index in [2.05, 4.69) is 140 Å². The Kier molecular flexibility index (Phi) is 6.29. The van der Waals surface area contributed by atoms with Gasteiger partial charge in [0.1, 0.15) is 22.3 Å². The predicted molar refractivity (Wildman–Crippen MR) is 238 cm³/mol. The molecule has 0 bridgehead atoms. The molecule has 0 spiro atoms. The molecule has 13 aromatic rings. The fourth-order valence-corrected chi connectivity index (χ4v) is 10.3. The first kappa shape index (κ1) is 30.9. The van der Waals surface area contributed by atoms with E-state index in [9.17, 15) is 0 Å². The van der Waals surface area contributed by atoms with Crippen LogP contribution >= 0.6 is 11.3 Å². The van der Waals surface area contributed by atoms with Gasteiger partial charge in [-0.15, -0.1) is 11.3 Å². The number of furan rings is 2. The average molecular weight is 745 g/mol. The van der Waals surface area contributed by atoms with Crippen LogP contribution in [0.15, 0.2) is 179 Å². The highest BCUT2D eigenvalue weighted by molar-refractivity contribution is 7.26. The molecular weight excluding hydrogens is 717 g/mol. The molecule has 4 nitrogen and oxygen atoms in total. The number of aromatic nitrogens is 2. The third kappa shape index (κ3) is 4.43. The van der Waals surface area contributed by atoms with Gasteiger partial charge in [-0.25, -0.2) is 9.97 Å². The quantitative estimate of drug-likeness (QED) is 0.169. The van der Waals surface area contributed by atoms with Gasteiger partial charge in [0.2, 0.25) is 0 Å². The van der Waals surface area contributed by atoms with Crippen molar-refractivity contribution in [1.29, 1.82) is 0 Å². The molecule has 0 amide bonds. The smallest absolute Gasteiger partial charge is 0.161 e. The topological polar surface area (TPSA) is 52.1 Å². The van der Waals surface area contributed by atoms with Crippen molar-refractivity contribution in [2.24, 2.45) is 0 Å². The second-order valence-corrected chi connectivity index (χ2v) is 15.9. The van der Waals surface area contributed by atoms with Crippen molar-refractivity contribution < 1.29 is 8.83 Å². The van der Waals surface area contributed by atoms with Gasteiger partial charge < -0.3 is 8.83 Å². The number of benzene rings is 8. The number of rotatable bonds is 3. The van der Waals surface area contributed by atoms with Crippen molar-refractivity contribution in [2.75, 3.05) is 0 Å². The van der Waals surface area contributed by atoms with Crippen LogP contribution in [0.25, 0.3) is 130 Å². The van der Waals surface area contributed by atoms with Crippen LogP contribution in [0.4, 0.5) is 0 Å². The Balaban J connectivity index is 1.01. The van der Waals surface area contributed by atoms with Crippen LogP contribution in [0.5, 0.6) is 0 Å². The second kappa shape index (κ2) is 11.6. The van der Waals surface area contributed by atoms with Crippen molar-refractivity contribution in [3.8, 4) is 33.6 Å². The number of hydrogen-bond acceptors (Lipinski definition) is 5. The summed E-state index contributed by atoms with van der Waals surface area (Å²) in [7, 11) is 0. The molecule has 0 saturated carbocycles. The Morgan fingerprint density at radius 2 is 0.982 bits per heavy atom. The van der Waals surface area contributed by atoms with E-state index < -0.39 is 0 Å². The summed E-state index contributed by atoms with van der Waals surface area (Å²) in [5.74, 6) is 0. The molecule has 0 aliphatic rings. The first-order chi connectivity index (χ1) is 28.2. The molecule has 5 heteroatoms. The summed E-state index contributed by atoms with van der Waals surface area (Å²) < 4.78 is 15.7. The SMILES string of the molecule is c1ccc(-c2nc3cc(-c4ccc(-c5nc6c(ccc7c8ccccc8oc76)c6oc7ccccc7c56)cc4)ccc3c3c2ccc2c4ccccc4sc23)cc1. The molecule has 13 rings (SSSR count). The number of fused-ring (bicyclic) bond motifs is 16. The summed E-state index contributed by atoms with van der Waals surface area (Å²) in [5.41, 5.74) is 11.3. The van der Waals surface area contributed by atoms with Gasteiger partial charge in [-0.1, -0.05) is 133 Å². The van der Waals surface area contributed by atoms with E-state index in [1.165, 1.54) is 30.9 Å². The van der Waals surface area contributed by atoms with Gasteiger partial charge in [-0.3, -0.25) is 0 Å². The Morgan fingerprint density at radius 1 is 0.368 bits per heavy atom. The van der Waals surface area contributed by atoms with Gasteiger partial charge in [0.05, 0.1) is 22.3 Å². The monoisotopic (exact) mass is 744 g/mol. The largest absolute Gasteiger partial charge is 0.455 e. The molecule has 5 aromatic heterocycles. The Bertz CT molecular complexity index is 3800. The van der Waals surface area contributed by atoms with Crippen molar-refractivity contribution in [3.05, 3.63) is 170 Å². The molecule has 0 radical (unpaired) electrons. The van der Waals surface area contributed by atoms with Crippen LogP contribution in [0.1, 0.15) is 0 Å². The maximum absolute atomic E-state index is 6.61. The van der Waals surface area contributed by atoms with Gasteiger partial charge in [0.25, 0.3) is 0 Å². The van der Waals surface area contributed by atoms with Crippen molar-refractivity contribution >= 4 is 108 Å². The predicted octanol–water partition coefficient (Wildman–Crippen LogP) is 15.1. The molecule has 0 aliphatic heterocycles. The number of para-hydroxylation sites is 2. The number of thiophene rings is 1. The molecule has 0 fully saturated rings. The highest BCUT2D eigenvalue weighted by atomic mass is 32.1. The maximum Gasteiger partial charge on any atom is 0.161 e. The summed E-state index contributed by atoms with van der Waals surface area (Å²) in [6, 6.07) is 59.9. The zero-order valence-electron chi connectivity index (χ0n) is 30.3. The molecule has 0 aliphatic carbocycles. The zero-order valence-corrected chi connectivity index (χ0v) is 31.1. The molecule has 264 valence electrons. The molecule has 0 N–H and O–H groups in total. The van der Waals surface area contributed by atoms with Crippen LogP contribution in [0, 0.1) is 0 Å². The third-order valence-corrected chi connectivity index (χ3v) is 12.9. The van der Waals surface area contributed by atoms with Crippen molar-refractivity contribution in [3.63, 3.8) is 0 Å². The second-order valence-electron chi connectivity index (χ2n) is 14.8. The lowest BCUT2D eigenvalue weighted by Gasteiger charge is -2.13. The van der Waals surface area contributed by atoms with Crippen LogP contribution in [0.2, 0.25) is 0 Å². The van der Waals surface area contributed by atoms with Crippen molar-refractivity contribution in [2.45, 2.75) is 0 Å². The molecule has 57 heavy (non-hydrogen) atoms. The van der Waals surface area contributed by atoms with Crippen molar-refractivity contribution in [1.82, 2.24) is 9.97 Å². The minimum Gasteiger partial charge on any atom is -0.455 e. The fourth-order valence-electron chi connectivity index (χ4n) is 9.00. The summed E-state index contributed by atoms with van der Waals surface area (Å²) in [4.78, 5) is 10.8. The Hall–Kier alpha value is -7.34. The lowest BCUT2D eigenvalue weighted by Crippen LogP contribution is -1.91. The lowest BCUT2D eigenvalue weighted by molar-refractivity contribution is 0.668. The van der Waals surface area contributed by atoms with Gasteiger partial charge >= 0.3 is 0 Å². The fraction of sp³-hybridized carbons (Fsp3) is 0. The van der Waals surface area contributed by atoms with Gasteiger partial charge in [0, 0.05) is 69.0 Å². The van der Waals surface area contributed by atoms with E-state index in [0.717, 1.165) is 99.3 Å². The van der Waals surface area contributed by atoms with E-state index in [0.29, 0.717) is 0 Å². The Labute approximate surface area is 328 Å². The molecular formula is C52H28N2O2S. The molecule has 8 aromatic carbocycles. The van der Waals surface area contributed by atoms with E-state index in [1.54, 1.807) is 0 Å². The van der Waals surface area contributed by atoms with E-state index in [4.69, 9.17) is 18.8 Å². The lowest BCUT2D eigenvalue weighted by atomic mass is 9.95. The highest BCUT2D eigenvalue weighted by Crippen LogP contribution is 2.45. The zero-order chi connectivity index (χ0) is 37.2. The minimum atomic E-state index is 0.771. The first-order valence-electron chi connectivity index (χ1n) is 19.1. The number of nitrogens with zero attached hydrogens (tertiary/aromatic N) is 2. The maximum atomic E-state index is 6.61. The third-order valence-electron chi connectivity index (χ3n) is 11.7. The summed E-state index contributed by atoms with van der Waals surface area (Å²) in [5, 5.41) is 11.3. The molecule has 0 saturated heterocycles. The molecule has 0 unspecified atom stereocenters. The highest BCUT2D eigenvalue weighted by Gasteiger charge is 2.22. The van der Waals surface area contributed by atoms with Gasteiger partial charge in [-0.2, -0.15) is 0 Å².